The molecule has 2 heterocycles. The predicted octanol–water partition coefficient (Wildman–Crippen LogP) is 4.12. The van der Waals surface area contributed by atoms with Crippen molar-refractivity contribution in [3.05, 3.63) is 52.8 Å². The molecule has 0 unspecified atom stereocenters. The number of urea groups is 1. The van der Waals surface area contributed by atoms with Gasteiger partial charge in [0.2, 0.25) is 0 Å². The number of rotatable bonds is 4. The number of halogens is 2. The van der Waals surface area contributed by atoms with Crippen molar-refractivity contribution in [3.63, 3.8) is 0 Å². The highest BCUT2D eigenvalue weighted by Gasteiger charge is 2.31. The first-order valence-corrected chi connectivity index (χ1v) is 11.4. The number of nitrogens with zero attached hydrogens (tertiary/aromatic N) is 3. The summed E-state index contributed by atoms with van der Waals surface area (Å²) in [6.07, 6.45) is 0.536. The van der Waals surface area contributed by atoms with Gasteiger partial charge in [0.1, 0.15) is 6.17 Å². The molecule has 1 fully saturated rings. The average Bonchev–Trinajstić information content (AvgIpc) is 3.00. The third-order valence-electron chi connectivity index (χ3n) is 6.44. The number of benzene rings is 2. The van der Waals surface area contributed by atoms with Gasteiger partial charge >= 0.3 is 6.03 Å². The number of piperidine rings is 1. The summed E-state index contributed by atoms with van der Waals surface area (Å²) in [5, 5.41) is 8.62. The predicted molar refractivity (Wildman–Crippen MR) is 127 cm³/mol. The minimum absolute atomic E-state index is 0.0211. The Balaban J connectivity index is 1.81. The quantitative estimate of drug-likeness (QED) is 0.727. The summed E-state index contributed by atoms with van der Waals surface area (Å²) in [6, 6.07) is 8.61. The van der Waals surface area contributed by atoms with Crippen molar-refractivity contribution >= 4 is 17.4 Å². The van der Waals surface area contributed by atoms with Gasteiger partial charge in [-0.05, 0) is 44.4 Å². The lowest BCUT2D eigenvalue weighted by atomic mass is 9.93. The third-order valence-corrected chi connectivity index (χ3v) is 6.44. The van der Waals surface area contributed by atoms with Gasteiger partial charge in [-0.15, -0.1) is 0 Å². The van der Waals surface area contributed by atoms with Crippen LogP contribution in [0.5, 0.6) is 11.5 Å². The van der Waals surface area contributed by atoms with E-state index in [1.807, 2.05) is 31.2 Å². The standard InChI is InChI=1S/C25H30F2N4O3/c1-15-13-19-20(14-21(33-3)24(34-4)22(19)27)23(29-31(15)25(32)28-2)16-5-7-18(8-6-16)30-11-9-17(26)10-12-30/h5-8,14-15,17H,9-13H2,1-4H3,(H,28,32)/t15-/m1/s1. The number of methoxy groups -OCH3 is 2. The topological polar surface area (TPSA) is 66.4 Å². The second kappa shape index (κ2) is 9.87. The number of anilines is 1. The number of alkyl halides is 1. The number of carbonyl (C=O) groups excluding carboxylic acids is 1. The van der Waals surface area contributed by atoms with E-state index in [2.05, 4.69) is 15.3 Å². The first-order chi connectivity index (χ1) is 16.4. The van der Waals surface area contributed by atoms with E-state index < -0.39 is 18.0 Å². The molecule has 0 spiro atoms. The molecule has 0 radical (unpaired) electrons. The Kier molecular flexibility index (Phi) is 6.90. The molecular formula is C25H30F2N4O3. The van der Waals surface area contributed by atoms with E-state index in [4.69, 9.17) is 9.47 Å². The van der Waals surface area contributed by atoms with Crippen LogP contribution in [-0.4, -0.2) is 63.3 Å². The second-order valence-electron chi connectivity index (χ2n) is 8.56. The van der Waals surface area contributed by atoms with Crippen LogP contribution in [-0.2, 0) is 6.42 Å². The van der Waals surface area contributed by atoms with E-state index >= 15 is 4.39 Å². The number of hydrogen-bond acceptors (Lipinski definition) is 5. The molecule has 2 amide bonds. The Labute approximate surface area is 198 Å². The Morgan fingerprint density at radius 1 is 1.15 bits per heavy atom. The van der Waals surface area contributed by atoms with E-state index in [-0.39, 0.29) is 24.0 Å². The van der Waals surface area contributed by atoms with Crippen molar-refractivity contribution in [1.29, 1.82) is 0 Å². The van der Waals surface area contributed by atoms with Gasteiger partial charge in [-0.1, -0.05) is 12.1 Å². The van der Waals surface area contributed by atoms with Gasteiger partial charge in [0.05, 0.1) is 26.0 Å². The molecule has 1 atom stereocenters. The zero-order valence-corrected chi connectivity index (χ0v) is 19.9. The van der Waals surface area contributed by atoms with Crippen LogP contribution in [0.2, 0.25) is 0 Å². The van der Waals surface area contributed by atoms with E-state index in [0.29, 0.717) is 42.8 Å². The third kappa shape index (κ3) is 4.38. The molecule has 0 bridgehead atoms. The van der Waals surface area contributed by atoms with Crippen LogP contribution in [0.4, 0.5) is 19.3 Å². The van der Waals surface area contributed by atoms with E-state index in [0.717, 1.165) is 11.3 Å². The molecule has 2 aromatic rings. The number of carbonyl (C=O) groups is 1. The van der Waals surface area contributed by atoms with Gasteiger partial charge in [-0.3, -0.25) is 0 Å². The molecule has 4 rings (SSSR count). The molecule has 182 valence electrons. The summed E-state index contributed by atoms with van der Waals surface area (Å²) < 4.78 is 39.8. The van der Waals surface area contributed by atoms with Crippen molar-refractivity contribution in [2.24, 2.45) is 5.10 Å². The zero-order valence-electron chi connectivity index (χ0n) is 19.9. The fourth-order valence-corrected chi connectivity index (χ4v) is 4.55. The highest BCUT2D eigenvalue weighted by molar-refractivity contribution is 6.14. The molecule has 2 aliphatic rings. The van der Waals surface area contributed by atoms with E-state index in [9.17, 15) is 9.18 Å². The molecule has 2 aliphatic heterocycles. The molecule has 0 aliphatic carbocycles. The lowest BCUT2D eigenvalue weighted by Crippen LogP contribution is -2.41. The maximum Gasteiger partial charge on any atom is 0.337 e. The number of amides is 2. The van der Waals surface area contributed by atoms with Crippen LogP contribution in [0.15, 0.2) is 35.4 Å². The summed E-state index contributed by atoms with van der Waals surface area (Å²) in [5.41, 5.74) is 3.11. The van der Waals surface area contributed by atoms with Crippen molar-refractivity contribution < 1.29 is 23.0 Å². The SMILES string of the molecule is CNC(=O)N1N=C(c2ccc(N3CCC(F)CC3)cc2)c2cc(OC)c(OC)c(F)c2C[C@H]1C. The fourth-order valence-electron chi connectivity index (χ4n) is 4.55. The molecule has 9 heteroatoms. The summed E-state index contributed by atoms with van der Waals surface area (Å²) in [7, 11) is 4.38. The highest BCUT2D eigenvalue weighted by Crippen LogP contribution is 2.38. The summed E-state index contributed by atoms with van der Waals surface area (Å²) in [6.45, 7) is 3.14. The van der Waals surface area contributed by atoms with Gasteiger partial charge in [0.25, 0.3) is 0 Å². The highest BCUT2D eigenvalue weighted by atomic mass is 19.1. The van der Waals surface area contributed by atoms with Gasteiger partial charge < -0.3 is 19.7 Å². The van der Waals surface area contributed by atoms with Gasteiger partial charge in [0, 0.05) is 42.5 Å². The van der Waals surface area contributed by atoms with Crippen LogP contribution < -0.4 is 19.7 Å². The van der Waals surface area contributed by atoms with Crippen molar-refractivity contribution in [2.75, 3.05) is 39.3 Å². The largest absolute Gasteiger partial charge is 0.493 e. The molecule has 2 aromatic carbocycles. The van der Waals surface area contributed by atoms with Crippen LogP contribution in [0.1, 0.15) is 36.5 Å². The monoisotopic (exact) mass is 472 g/mol. The number of nitrogens with one attached hydrogen (secondary N) is 1. The van der Waals surface area contributed by atoms with Gasteiger partial charge in [-0.2, -0.15) is 5.10 Å². The van der Waals surface area contributed by atoms with Crippen LogP contribution in [0, 0.1) is 5.82 Å². The van der Waals surface area contributed by atoms with Crippen molar-refractivity contribution in [2.45, 2.75) is 38.4 Å². The van der Waals surface area contributed by atoms with Gasteiger partial charge in [0.15, 0.2) is 17.3 Å². The maximum atomic E-state index is 15.6. The van der Waals surface area contributed by atoms with E-state index in [1.165, 1.54) is 26.3 Å². The van der Waals surface area contributed by atoms with Crippen LogP contribution >= 0.6 is 0 Å². The first kappa shape index (κ1) is 23.8. The Morgan fingerprint density at radius 3 is 2.41 bits per heavy atom. The molecule has 34 heavy (non-hydrogen) atoms. The zero-order chi connectivity index (χ0) is 24.4. The van der Waals surface area contributed by atoms with Gasteiger partial charge in [-0.25, -0.2) is 18.6 Å². The molecule has 7 nitrogen and oxygen atoms in total. The average molecular weight is 473 g/mol. The van der Waals surface area contributed by atoms with Crippen molar-refractivity contribution in [1.82, 2.24) is 10.3 Å². The minimum atomic E-state index is -0.744. The Hall–Kier alpha value is -3.36. The lowest BCUT2D eigenvalue weighted by molar-refractivity contribution is 0.184. The summed E-state index contributed by atoms with van der Waals surface area (Å²) >= 11 is 0. The molecule has 1 N–H and O–H groups in total. The maximum absolute atomic E-state index is 15.6. The summed E-state index contributed by atoms with van der Waals surface area (Å²) in [4.78, 5) is 14.8. The molecule has 0 aromatic heterocycles. The fraction of sp³-hybridized carbons (Fsp3) is 0.440. The normalized spacial score (nSPS) is 18.6. The second-order valence-corrected chi connectivity index (χ2v) is 8.56. The molecule has 0 saturated carbocycles. The smallest absolute Gasteiger partial charge is 0.337 e. The number of hydrazone groups is 1. The lowest BCUT2D eigenvalue weighted by Gasteiger charge is -2.30. The van der Waals surface area contributed by atoms with Crippen molar-refractivity contribution in [3.8, 4) is 11.5 Å². The minimum Gasteiger partial charge on any atom is -0.493 e. The number of fused-ring (bicyclic) bond motifs is 1. The Bertz CT molecular complexity index is 1080. The van der Waals surface area contributed by atoms with Crippen LogP contribution in [0.25, 0.3) is 0 Å². The number of hydrogen-bond donors (Lipinski definition) is 1. The van der Waals surface area contributed by atoms with Crippen LogP contribution in [0.3, 0.4) is 0 Å². The number of ether oxygens (including phenoxy) is 2. The van der Waals surface area contributed by atoms with E-state index in [1.54, 1.807) is 6.07 Å². The summed E-state index contributed by atoms with van der Waals surface area (Å²) in [5.74, 6) is -0.258. The first-order valence-electron chi connectivity index (χ1n) is 11.4. The molecular weight excluding hydrogens is 442 g/mol. The Morgan fingerprint density at radius 2 is 1.82 bits per heavy atom. The molecule has 1 saturated heterocycles.